The Hall–Kier alpha value is -1.30. The third-order valence-corrected chi connectivity index (χ3v) is 4.94. The molecule has 1 aromatic rings. The molecule has 2 atom stereocenters. The van der Waals surface area contributed by atoms with Gasteiger partial charge >= 0.3 is 6.09 Å². The van der Waals surface area contributed by atoms with Gasteiger partial charge in [-0.3, -0.25) is 0 Å². The van der Waals surface area contributed by atoms with E-state index in [-0.39, 0.29) is 6.09 Å². The number of hydrogen-bond acceptors (Lipinski definition) is 5. The second-order valence-corrected chi connectivity index (χ2v) is 8.12. The molecule has 6 heteroatoms. The van der Waals surface area contributed by atoms with Crippen molar-refractivity contribution in [2.24, 2.45) is 11.8 Å². The van der Waals surface area contributed by atoms with Crippen LogP contribution in [0.25, 0.3) is 0 Å². The second-order valence-electron chi connectivity index (χ2n) is 7.30. The van der Waals surface area contributed by atoms with Crippen LogP contribution in [0.2, 0.25) is 0 Å². The van der Waals surface area contributed by atoms with Crippen molar-refractivity contribution in [1.82, 2.24) is 15.3 Å². The summed E-state index contributed by atoms with van der Waals surface area (Å²) in [6.07, 6.45) is 6.47. The average molecular weight is 321 g/mol. The lowest BCUT2D eigenvalue weighted by atomic mass is 9.92. The standard InChI is InChI=1S/C16H23N3O2S/c1-15(2,3)21-14(20)19-16(8-10-7-11(10)9-16)13-17-6-5-12(18-13)22-4/h5-6,10-11H,7-9H2,1-4H3,(H,19,20). The molecule has 3 rings (SSSR count). The van der Waals surface area contributed by atoms with Crippen LogP contribution in [0.1, 0.15) is 45.9 Å². The summed E-state index contributed by atoms with van der Waals surface area (Å²) in [6.45, 7) is 5.61. The number of thioether (sulfide) groups is 1. The van der Waals surface area contributed by atoms with Crippen LogP contribution in [0, 0.1) is 11.8 Å². The van der Waals surface area contributed by atoms with Crippen LogP contribution in [0.4, 0.5) is 4.79 Å². The minimum absolute atomic E-state index is 0.382. The Morgan fingerprint density at radius 3 is 2.68 bits per heavy atom. The van der Waals surface area contributed by atoms with Crippen LogP contribution < -0.4 is 5.32 Å². The Balaban J connectivity index is 1.84. The van der Waals surface area contributed by atoms with Crippen LogP contribution >= 0.6 is 11.8 Å². The number of ether oxygens (including phenoxy) is 1. The van der Waals surface area contributed by atoms with Crippen molar-refractivity contribution >= 4 is 17.9 Å². The van der Waals surface area contributed by atoms with Gasteiger partial charge < -0.3 is 10.1 Å². The van der Waals surface area contributed by atoms with E-state index in [0.717, 1.165) is 23.7 Å². The first-order valence-electron chi connectivity index (χ1n) is 7.70. The first-order valence-corrected chi connectivity index (χ1v) is 8.92. The van der Waals surface area contributed by atoms with E-state index in [0.29, 0.717) is 11.8 Å². The fourth-order valence-corrected chi connectivity index (χ4v) is 3.69. The molecule has 0 bridgehead atoms. The highest BCUT2D eigenvalue weighted by Gasteiger charge is 2.57. The maximum Gasteiger partial charge on any atom is 0.408 e. The first-order chi connectivity index (χ1) is 10.3. The lowest BCUT2D eigenvalue weighted by molar-refractivity contribution is 0.0439. The van der Waals surface area contributed by atoms with E-state index in [1.807, 2.05) is 33.1 Å². The van der Waals surface area contributed by atoms with Crippen LogP contribution in [0.15, 0.2) is 17.3 Å². The van der Waals surface area contributed by atoms with Crippen LogP contribution in [-0.2, 0) is 10.3 Å². The highest BCUT2D eigenvalue weighted by atomic mass is 32.2. The monoisotopic (exact) mass is 321 g/mol. The number of nitrogens with one attached hydrogen (secondary N) is 1. The molecular formula is C16H23N3O2S. The van der Waals surface area contributed by atoms with Crippen molar-refractivity contribution in [3.63, 3.8) is 0 Å². The van der Waals surface area contributed by atoms with E-state index in [1.54, 1.807) is 18.0 Å². The van der Waals surface area contributed by atoms with E-state index in [2.05, 4.69) is 15.3 Å². The molecular weight excluding hydrogens is 298 g/mol. The maximum absolute atomic E-state index is 12.3. The van der Waals surface area contributed by atoms with Gasteiger partial charge in [0.2, 0.25) is 0 Å². The topological polar surface area (TPSA) is 64.1 Å². The average Bonchev–Trinajstić information content (AvgIpc) is 3.04. The number of hydrogen-bond donors (Lipinski definition) is 1. The van der Waals surface area contributed by atoms with E-state index in [4.69, 9.17) is 4.74 Å². The van der Waals surface area contributed by atoms with Gasteiger partial charge in [-0.25, -0.2) is 14.8 Å². The molecule has 2 aliphatic rings. The van der Waals surface area contributed by atoms with Gasteiger partial charge in [0, 0.05) is 6.20 Å². The molecule has 1 aromatic heterocycles. The summed E-state index contributed by atoms with van der Waals surface area (Å²) in [7, 11) is 0. The molecule has 2 aliphatic carbocycles. The lowest BCUT2D eigenvalue weighted by Gasteiger charge is -2.32. The molecule has 2 fully saturated rings. The Labute approximate surface area is 135 Å². The van der Waals surface area contributed by atoms with Crippen LogP contribution in [0.3, 0.4) is 0 Å². The molecule has 0 spiro atoms. The first kappa shape index (κ1) is 15.6. The number of carbonyl (C=O) groups excluding carboxylic acids is 1. The molecule has 5 nitrogen and oxygen atoms in total. The Bertz CT molecular complexity index is 575. The van der Waals surface area contributed by atoms with E-state index in [1.165, 1.54) is 6.42 Å². The van der Waals surface area contributed by atoms with Crippen molar-refractivity contribution in [3.8, 4) is 0 Å². The Morgan fingerprint density at radius 1 is 1.41 bits per heavy atom. The maximum atomic E-state index is 12.3. The summed E-state index contributed by atoms with van der Waals surface area (Å²) in [6, 6.07) is 1.89. The van der Waals surface area contributed by atoms with Crippen molar-refractivity contribution in [2.45, 2.75) is 56.2 Å². The fraction of sp³-hybridized carbons (Fsp3) is 0.688. The third kappa shape index (κ3) is 3.21. The highest BCUT2D eigenvalue weighted by Crippen LogP contribution is 2.59. The number of nitrogens with zero attached hydrogens (tertiary/aromatic N) is 2. The molecule has 120 valence electrons. The summed E-state index contributed by atoms with van der Waals surface area (Å²) in [5, 5.41) is 4.01. The lowest BCUT2D eigenvalue weighted by Crippen LogP contribution is -2.48. The number of carbonyl (C=O) groups is 1. The molecule has 22 heavy (non-hydrogen) atoms. The summed E-state index contributed by atoms with van der Waals surface area (Å²) in [4.78, 5) is 21.4. The summed E-state index contributed by atoms with van der Waals surface area (Å²) in [5.74, 6) is 2.10. The van der Waals surface area contributed by atoms with Crippen molar-refractivity contribution in [3.05, 3.63) is 18.1 Å². The van der Waals surface area contributed by atoms with E-state index >= 15 is 0 Å². The quantitative estimate of drug-likeness (QED) is 0.683. The van der Waals surface area contributed by atoms with Crippen molar-refractivity contribution in [2.75, 3.05) is 6.26 Å². The van der Waals surface area contributed by atoms with E-state index in [9.17, 15) is 4.79 Å². The predicted octanol–water partition coefficient (Wildman–Crippen LogP) is 3.35. The molecule has 1 N–H and O–H groups in total. The zero-order valence-corrected chi connectivity index (χ0v) is 14.4. The minimum Gasteiger partial charge on any atom is -0.444 e. The van der Waals surface area contributed by atoms with E-state index < -0.39 is 11.1 Å². The molecule has 2 unspecified atom stereocenters. The molecule has 0 saturated heterocycles. The molecule has 1 heterocycles. The van der Waals surface area contributed by atoms with Crippen molar-refractivity contribution < 1.29 is 9.53 Å². The van der Waals surface area contributed by atoms with Gasteiger partial charge in [0.1, 0.15) is 11.1 Å². The fourth-order valence-electron chi connectivity index (χ4n) is 3.31. The number of aromatic nitrogens is 2. The van der Waals surface area contributed by atoms with Gasteiger partial charge in [0.15, 0.2) is 5.82 Å². The predicted molar refractivity (Wildman–Crippen MR) is 85.7 cm³/mol. The van der Waals surface area contributed by atoms with Gasteiger partial charge in [-0.15, -0.1) is 11.8 Å². The second kappa shape index (κ2) is 5.41. The summed E-state index contributed by atoms with van der Waals surface area (Å²) < 4.78 is 5.44. The Kier molecular flexibility index (Phi) is 3.83. The summed E-state index contributed by atoms with van der Waals surface area (Å²) in [5.41, 5.74) is -0.976. The normalized spacial score (nSPS) is 29.8. The molecule has 0 aliphatic heterocycles. The van der Waals surface area contributed by atoms with Gasteiger partial charge in [0.05, 0.1) is 5.03 Å². The number of rotatable bonds is 3. The zero-order chi connectivity index (χ0) is 16.0. The van der Waals surface area contributed by atoms with Crippen LogP contribution in [-0.4, -0.2) is 27.9 Å². The summed E-state index contributed by atoms with van der Waals surface area (Å²) >= 11 is 1.59. The smallest absolute Gasteiger partial charge is 0.408 e. The minimum atomic E-state index is -0.505. The molecule has 0 aromatic carbocycles. The highest BCUT2D eigenvalue weighted by molar-refractivity contribution is 7.98. The van der Waals surface area contributed by atoms with Crippen LogP contribution in [0.5, 0.6) is 0 Å². The van der Waals surface area contributed by atoms with Gasteiger partial charge in [-0.1, -0.05) is 0 Å². The molecule has 2 saturated carbocycles. The van der Waals surface area contributed by atoms with Gasteiger partial charge in [-0.2, -0.15) is 0 Å². The zero-order valence-electron chi connectivity index (χ0n) is 13.5. The van der Waals surface area contributed by atoms with Gasteiger partial charge in [-0.05, 0) is 64.2 Å². The van der Waals surface area contributed by atoms with Crippen molar-refractivity contribution in [1.29, 1.82) is 0 Å². The third-order valence-electron chi connectivity index (χ3n) is 4.30. The largest absolute Gasteiger partial charge is 0.444 e. The SMILES string of the molecule is CSc1ccnc(C2(NC(=O)OC(C)(C)C)CC3CC3C2)n1. The number of fused-ring (bicyclic) bond motifs is 1. The number of amides is 1. The van der Waals surface area contributed by atoms with Gasteiger partial charge in [0.25, 0.3) is 0 Å². The molecule has 0 radical (unpaired) electrons. The number of alkyl carbamates (subject to hydrolysis) is 1. The molecule has 1 amide bonds. The Morgan fingerprint density at radius 2 is 2.09 bits per heavy atom.